The number of amides is 1. The second-order valence-corrected chi connectivity index (χ2v) is 7.21. The maximum atomic E-state index is 13.4. The lowest BCUT2D eigenvalue weighted by Crippen LogP contribution is -2.38. The first-order valence-electron chi connectivity index (χ1n) is 9.20. The van der Waals surface area contributed by atoms with Crippen LogP contribution in [0.2, 0.25) is 0 Å². The average molecular weight is 350 g/mol. The first kappa shape index (κ1) is 16.8. The highest BCUT2D eigenvalue weighted by Gasteiger charge is 2.25. The lowest BCUT2D eigenvalue weighted by molar-refractivity contribution is -0.131. The summed E-state index contributed by atoms with van der Waals surface area (Å²) in [5.41, 5.74) is 4.40. The van der Waals surface area contributed by atoms with Crippen molar-refractivity contribution >= 4 is 16.8 Å². The molecule has 2 heterocycles. The van der Waals surface area contributed by atoms with E-state index in [4.69, 9.17) is 0 Å². The zero-order valence-corrected chi connectivity index (χ0v) is 15.0. The number of aromatic amines is 1. The summed E-state index contributed by atoms with van der Waals surface area (Å²) in [4.78, 5) is 18.0. The number of H-pyrrole nitrogens is 1. The molecule has 0 unspecified atom stereocenters. The van der Waals surface area contributed by atoms with Crippen molar-refractivity contribution in [2.45, 2.75) is 32.1 Å². The summed E-state index contributed by atoms with van der Waals surface area (Å²) in [6.45, 7) is 3.60. The van der Waals surface area contributed by atoms with Gasteiger partial charge in [-0.2, -0.15) is 0 Å². The monoisotopic (exact) mass is 350 g/mol. The van der Waals surface area contributed by atoms with Crippen LogP contribution >= 0.6 is 0 Å². The minimum atomic E-state index is -0.209. The fourth-order valence-corrected chi connectivity index (χ4v) is 3.87. The lowest BCUT2D eigenvalue weighted by Gasteiger charge is -2.32. The predicted molar refractivity (Wildman–Crippen MR) is 102 cm³/mol. The number of rotatable bonds is 3. The summed E-state index contributed by atoms with van der Waals surface area (Å²) in [6.07, 6.45) is 2.35. The minimum Gasteiger partial charge on any atom is -0.358 e. The highest BCUT2D eigenvalue weighted by molar-refractivity contribution is 5.81. The molecule has 1 saturated heterocycles. The number of hydrogen-bond acceptors (Lipinski definition) is 1. The molecule has 26 heavy (non-hydrogen) atoms. The fraction of sp³-hybridized carbons (Fsp3) is 0.318. The van der Waals surface area contributed by atoms with E-state index in [-0.39, 0.29) is 11.7 Å². The van der Waals surface area contributed by atoms with Crippen molar-refractivity contribution in [3.05, 3.63) is 71.2 Å². The van der Waals surface area contributed by atoms with Crippen molar-refractivity contribution in [2.24, 2.45) is 0 Å². The van der Waals surface area contributed by atoms with E-state index in [1.165, 1.54) is 11.6 Å². The molecule has 0 bridgehead atoms. The van der Waals surface area contributed by atoms with Gasteiger partial charge in [-0.15, -0.1) is 0 Å². The summed E-state index contributed by atoms with van der Waals surface area (Å²) in [5.74, 6) is 0.393. The van der Waals surface area contributed by atoms with Crippen molar-refractivity contribution in [3.8, 4) is 0 Å². The van der Waals surface area contributed by atoms with Gasteiger partial charge in [-0.05, 0) is 55.2 Å². The van der Waals surface area contributed by atoms with Gasteiger partial charge in [0.15, 0.2) is 0 Å². The Morgan fingerprint density at radius 3 is 2.69 bits per heavy atom. The molecule has 1 aromatic heterocycles. The molecule has 1 aliphatic rings. The third kappa shape index (κ3) is 3.36. The second-order valence-electron chi connectivity index (χ2n) is 7.21. The zero-order valence-electron chi connectivity index (χ0n) is 15.0. The van der Waals surface area contributed by atoms with Crippen LogP contribution in [0.1, 0.15) is 35.6 Å². The minimum absolute atomic E-state index is 0.205. The van der Waals surface area contributed by atoms with Crippen molar-refractivity contribution < 1.29 is 9.18 Å². The summed E-state index contributed by atoms with van der Waals surface area (Å²) in [5, 5.41) is 0.915. The van der Waals surface area contributed by atoms with Gasteiger partial charge in [0, 0.05) is 35.6 Å². The van der Waals surface area contributed by atoms with E-state index >= 15 is 0 Å². The topological polar surface area (TPSA) is 36.1 Å². The van der Waals surface area contributed by atoms with Crippen molar-refractivity contribution in [3.63, 3.8) is 0 Å². The fourth-order valence-electron chi connectivity index (χ4n) is 3.87. The van der Waals surface area contributed by atoms with E-state index in [2.05, 4.69) is 4.98 Å². The summed E-state index contributed by atoms with van der Waals surface area (Å²) in [6, 6.07) is 15.0. The third-order valence-corrected chi connectivity index (χ3v) is 5.49. The number of likely N-dealkylation sites (tertiary alicyclic amines) is 1. The number of carbonyl (C=O) groups excluding carboxylic acids is 1. The van der Waals surface area contributed by atoms with Crippen LogP contribution in [-0.4, -0.2) is 28.9 Å². The van der Waals surface area contributed by atoms with Crippen LogP contribution in [0.5, 0.6) is 0 Å². The molecule has 1 aliphatic heterocycles. The van der Waals surface area contributed by atoms with Gasteiger partial charge in [0.1, 0.15) is 5.82 Å². The molecule has 0 aliphatic carbocycles. The number of nitrogens with zero attached hydrogens (tertiary/aromatic N) is 1. The Morgan fingerprint density at radius 2 is 1.92 bits per heavy atom. The number of fused-ring (bicyclic) bond motifs is 1. The first-order valence-corrected chi connectivity index (χ1v) is 9.20. The predicted octanol–water partition coefficient (Wildman–Crippen LogP) is 4.56. The number of aromatic nitrogens is 1. The van der Waals surface area contributed by atoms with Gasteiger partial charge in [0.05, 0.1) is 6.42 Å². The average Bonchev–Trinajstić information content (AvgIpc) is 3.07. The molecule has 2 aromatic carbocycles. The van der Waals surface area contributed by atoms with Crippen molar-refractivity contribution in [2.75, 3.05) is 13.1 Å². The van der Waals surface area contributed by atoms with E-state index in [0.717, 1.165) is 48.1 Å². The largest absolute Gasteiger partial charge is 0.358 e. The number of benzene rings is 2. The van der Waals surface area contributed by atoms with E-state index in [1.807, 2.05) is 42.2 Å². The van der Waals surface area contributed by atoms with Gasteiger partial charge in [0.2, 0.25) is 5.91 Å². The van der Waals surface area contributed by atoms with E-state index in [1.54, 1.807) is 12.1 Å². The molecule has 0 radical (unpaired) electrons. The zero-order chi connectivity index (χ0) is 18.1. The van der Waals surface area contributed by atoms with Gasteiger partial charge in [0.25, 0.3) is 0 Å². The maximum Gasteiger partial charge on any atom is 0.226 e. The summed E-state index contributed by atoms with van der Waals surface area (Å²) in [7, 11) is 0. The quantitative estimate of drug-likeness (QED) is 0.738. The van der Waals surface area contributed by atoms with Crippen LogP contribution in [-0.2, 0) is 11.2 Å². The van der Waals surface area contributed by atoms with E-state index in [0.29, 0.717) is 12.3 Å². The molecular formula is C22H23FN2O. The first-order chi connectivity index (χ1) is 12.6. The van der Waals surface area contributed by atoms with Gasteiger partial charge in [-0.3, -0.25) is 4.79 Å². The number of nitrogens with one attached hydrogen (secondary N) is 1. The van der Waals surface area contributed by atoms with Crippen molar-refractivity contribution in [1.82, 2.24) is 9.88 Å². The third-order valence-electron chi connectivity index (χ3n) is 5.49. The molecule has 0 saturated carbocycles. The normalized spacial score (nSPS) is 15.5. The number of piperidine rings is 1. The highest BCUT2D eigenvalue weighted by Crippen LogP contribution is 2.30. The number of carbonyl (C=O) groups is 1. The van der Waals surface area contributed by atoms with Gasteiger partial charge < -0.3 is 9.88 Å². The molecule has 0 atom stereocenters. The van der Waals surface area contributed by atoms with Gasteiger partial charge in [-0.1, -0.05) is 24.3 Å². The second kappa shape index (κ2) is 6.94. The summed E-state index contributed by atoms with van der Waals surface area (Å²) < 4.78 is 13.4. The molecule has 1 amide bonds. The number of halogens is 1. The van der Waals surface area contributed by atoms with Gasteiger partial charge >= 0.3 is 0 Å². The molecule has 0 spiro atoms. The molecule has 1 fully saturated rings. The Bertz CT molecular complexity index is 938. The Balaban J connectivity index is 1.40. The molecule has 134 valence electrons. The van der Waals surface area contributed by atoms with Gasteiger partial charge in [-0.25, -0.2) is 4.39 Å². The Kier molecular flexibility index (Phi) is 4.49. The number of aryl methyl sites for hydroxylation is 1. The molecule has 1 N–H and O–H groups in total. The molecule has 3 aromatic rings. The Hall–Kier alpha value is -2.62. The van der Waals surface area contributed by atoms with E-state index in [9.17, 15) is 9.18 Å². The molecular weight excluding hydrogens is 327 g/mol. The van der Waals surface area contributed by atoms with Crippen molar-refractivity contribution in [1.29, 1.82) is 0 Å². The van der Waals surface area contributed by atoms with E-state index < -0.39 is 0 Å². The highest BCUT2D eigenvalue weighted by atomic mass is 19.1. The van der Waals surface area contributed by atoms with Crippen LogP contribution < -0.4 is 0 Å². The molecule has 4 heteroatoms. The van der Waals surface area contributed by atoms with Crippen LogP contribution in [0, 0.1) is 12.7 Å². The smallest absolute Gasteiger partial charge is 0.226 e. The van der Waals surface area contributed by atoms with Crippen LogP contribution in [0.15, 0.2) is 48.5 Å². The SMILES string of the molecule is Cc1ccccc1CC(=O)N1CCC(c2cc3cc(F)ccc3[nH]2)CC1. The Morgan fingerprint density at radius 1 is 1.15 bits per heavy atom. The van der Waals surface area contributed by atoms with Crippen LogP contribution in [0.25, 0.3) is 10.9 Å². The Labute approximate surface area is 152 Å². The lowest BCUT2D eigenvalue weighted by atomic mass is 9.93. The van der Waals surface area contributed by atoms with Crippen LogP contribution in [0.4, 0.5) is 4.39 Å². The molecule has 3 nitrogen and oxygen atoms in total. The number of hydrogen-bond donors (Lipinski definition) is 1. The maximum absolute atomic E-state index is 13.4. The standard InChI is InChI=1S/C22H23FN2O/c1-15-4-2-3-5-17(15)14-22(26)25-10-8-16(9-11-25)21-13-18-12-19(23)6-7-20(18)24-21/h2-7,12-13,16,24H,8-11,14H2,1H3. The van der Waals surface area contributed by atoms with Crippen LogP contribution in [0.3, 0.4) is 0 Å². The summed E-state index contributed by atoms with van der Waals surface area (Å²) >= 11 is 0. The molecule has 4 rings (SSSR count).